The summed E-state index contributed by atoms with van der Waals surface area (Å²) in [5, 5.41) is 3.35. The van der Waals surface area contributed by atoms with Crippen LogP contribution in [0.5, 0.6) is 5.75 Å². The van der Waals surface area contributed by atoms with Crippen LogP contribution in [0.3, 0.4) is 0 Å². The maximum absolute atomic E-state index is 15.9. The molecule has 42 heavy (non-hydrogen) atoms. The third-order valence-electron chi connectivity index (χ3n) is 7.90. The summed E-state index contributed by atoms with van der Waals surface area (Å²) >= 11 is 12.2. The number of rotatable bonds is 8. The first-order chi connectivity index (χ1) is 19.9. The van der Waals surface area contributed by atoms with Crippen molar-refractivity contribution in [3.05, 3.63) is 67.7 Å². The molecule has 5 rings (SSSR count). The zero-order chi connectivity index (χ0) is 30.5. The summed E-state index contributed by atoms with van der Waals surface area (Å²) in [7, 11) is 1.36. The van der Waals surface area contributed by atoms with Gasteiger partial charge in [-0.25, -0.2) is 8.78 Å². The number of nitrogens with two attached hydrogens (primary N) is 1. The van der Waals surface area contributed by atoms with E-state index in [4.69, 9.17) is 33.7 Å². The average molecular weight is 623 g/mol. The van der Waals surface area contributed by atoms with Gasteiger partial charge in [0.25, 0.3) is 5.91 Å². The fourth-order valence-corrected chi connectivity index (χ4v) is 6.24. The highest BCUT2D eigenvalue weighted by molar-refractivity contribution is 6.35. The number of benzene rings is 2. The Kier molecular flexibility index (Phi) is 8.37. The standard InChI is InChI=1S/C29H31Cl2F2N5O4/c1-14-10-36(11-15(2)37(14)13-24(34)39)26-22(33)7-18-25(28(26)42-3)38(23-8-21(23)32)12-19(27(18)40)29(41)35-9-16-4-5-17(30)6-20(16)31/h4-7,12,14-15,21,23H,8-11,13H2,1-3H3,(H2,34,39)(H,35,41)/t14-,15+,21-,23+/m1/s1. The lowest BCUT2D eigenvalue weighted by Crippen LogP contribution is -2.58. The Hall–Kier alpha value is -3.41. The number of primary amides is 1. The van der Waals surface area contributed by atoms with Crippen molar-refractivity contribution in [2.45, 2.75) is 51.1 Å². The summed E-state index contributed by atoms with van der Waals surface area (Å²) in [5.74, 6) is -1.82. The van der Waals surface area contributed by atoms with E-state index < -0.39 is 35.3 Å². The molecule has 9 nitrogen and oxygen atoms in total. The molecule has 2 fully saturated rings. The highest BCUT2D eigenvalue weighted by Crippen LogP contribution is 2.45. The van der Waals surface area contributed by atoms with Crippen LogP contribution in [0.15, 0.2) is 35.3 Å². The number of alkyl halides is 1. The first-order valence-corrected chi connectivity index (χ1v) is 14.3. The van der Waals surface area contributed by atoms with Crippen LogP contribution < -0.4 is 26.1 Å². The summed E-state index contributed by atoms with van der Waals surface area (Å²) in [6.07, 6.45) is 0.290. The normalized spacial score (nSPS) is 22.3. The van der Waals surface area contributed by atoms with Crippen molar-refractivity contribution in [3.8, 4) is 5.75 Å². The van der Waals surface area contributed by atoms with Gasteiger partial charge in [-0.1, -0.05) is 29.3 Å². The Labute approximate surface area is 251 Å². The molecule has 13 heteroatoms. The number of carbonyl (C=O) groups is 2. The second kappa shape index (κ2) is 11.7. The van der Waals surface area contributed by atoms with E-state index in [1.165, 1.54) is 23.9 Å². The molecule has 3 N–H and O–H groups in total. The van der Waals surface area contributed by atoms with E-state index >= 15 is 4.39 Å². The van der Waals surface area contributed by atoms with E-state index in [0.29, 0.717) is 28.7 Å². The van der Waals surface area contributed by atoms with Crippen molar-refractivity contribution in [1.82, 2.24) is 14.8 Å². The van der Waals surface area contributed by atoms with Gasteiger partial charge in [-0.15, -0.1) is 0 Å². The molecule has 0 spiro atoms. The lowest BCUT2D eigenvalue weighted by molar-refractivity contribution is -0.120. The van der Waals surface area contributed by atoms with E-state index in [1.54, 1.807) is 17.0 Å². The van der Waals surface area contributed by atoms with Crippen LogP contribution in [0.25, 0.3) is 10.9 Å². The fraction of sp³-hybridized carbons (Fsp3) is 0.414. The van der Waals surface area contributed by atoms with Crippen LogP contribution in [-0.4, -0.2) is 66.3 Å². The van der Waals surface area contributed by atoms with Crippen LogP contribution in [-0.2, 0) is 11.3 Å². The van der Waals surface area contributed by atoms with Gasteiger partial charge in [0.15, 0.2) is 11.6 Å². The van der Waals surface area contributed by atoms with E-state index in [-0.39, 0.29) is 59.5 Å². The first kappa shape index (κ1) is 30.1. The molecule has 1 aliphatic carbocycles. The number of anilines is 1. The van der Waals surface area contributed by atoms with Gasteiger partial charge < -0.3 is 25.3 Å². The smallest absolute Gasteiger partial charge is 0.257 e. The summed E-state index contributed by atoms with van der Waals surface area (Å²) in [5.41, 5.74) is 5.36. The third-order valence-corrected chi connectivity index (χ3v) is 8.48. The monoisotopic (exact) mass is 621 g/mol. The van der Waals surface area contributed by atoms with Crippen molar-refractivity contribution in [2.75, 3.05) is 31.6 Å². The Balaban J connectivity index is 1.57. The highest BCUT2D eigenvalue weighted by atomic mass is 35.5. The number of ether oxygens (including phenoxy) is 1. The second-order valence-corrected chi connectivity index (χ2v) is 11.7. The lowest BCUT2D eigenvalue weighted by atomic mass is 10.0. The van der Waals surface area contributed by atoms with Gasteiger partial charge in [0.2, 0.25) is 11.3 Å². The van der Waals surface area contributed by atoms with E-state index in [0.717, 1.165) is 6.07 Å². The number of fused-ring (bicyclic) bond motifs is 1. The Bertz CT molecular complexity index is 1620. The highest BCUT2D eigenvalue weighted by Gasteiger charge is 2.42. The van der Waals surface area contributed by atoms with Crippen molar-refractivity contribution in [1.29, 1.82) is 0 Å². The Morgan fingerprint density at radius 3 is 2.40 bits per heavy atom. The molecular weight excluding hydrogens is 591 g/mol. The molecule has 2 aromatic carbocycles. The molecule has 0 bridgehead atoms. The number of methoxy groups -OCH3 is 1. The molecule has 1 saturated heterocycles. The summed E-state index contributed by atoms with van der Waals surface area (Å²) in [4.78, 5) is 42.2. The second-order valence-electron chi connectivity index (χ2n) is 10.9. The Morgan fingerprint density at radius 1 is 1.17 bits per heavy atom. The molecule has 0 unspecified atom stereocenters. The van der Waals surface area contributed by atoms with Gasteiger partial charge >= 0.3 is 0 Å². The van der Waals surface area contributed by atoms with Crippen LogP contribution in [0.4, 0.5) is 14.5 Å². The molecule has 2 aliphatic rings. The van der Waals surface area contributed by atoms with Crippen molar-refractivity contribution >= 4 is 51.6 Å². The van der Waals surface area contributed by atoms with Crippen LogP contribution in [0.1, 0.15) is 42.2 Å². The Morgan fingerprint density at radius 2 is 1.83 bits per heavy atom. The predicted octanol–water partition coefficient (Wildman–Crippen LogP) is 4.05. The average Bonchev–Trinajstić information content (AvgIpc) is 3.65. The predicted molar refractivity (Wildman–Crippen MR) is 158 cm³/mol. The molecule has 1 saturated carbocycles. The SMILES string of the molecule is COc1c(N2C[C@@H](C)N(CC(N)=O)[C@@H](C)C2)c(F)cc2c(=O)c(C(=O)NCc3ccc(Cl)cc3Cl)cn([C@H]3C[C@H]3F)c12. The maximum Gasteiger partial charge on any atom is 0.257 e. The third kappa shape index (κ3) is 5.65. The number of carbonyl (C=O) groups excluding carboxylic acids is 2. The summed E-state index contributed by atoms with van der Waals surface area (Å²) in [6.45, 7) is 4.60. The quantitative estimate of drug-likeness (QED) is 0.393. The molecular formula is C29H31Cl2F2N5O4. The van der Waals surface area contributed by atoms with Gasteiger partial charge in [-0.2, -0.15) is 0 Å². The molecule has 3 aromatic rings. The molecule has 4 atom stereocenters. The summed E-state index contributed by atoms with van der Waals surface area (Å²) in [6, 6.07) is 4.94. The number of nitrogens with one attached hydrogen (secondary N) is 1. The van der Waals surface area contributed by atoms with Gasteiger partial charge in [0, 0.05) is 54.4 Å². The van der Waals surface area contributed by atoms with Crippen LogP contribution in [0, 0.1) is 5.82 Å². The minimum atomic E-state index is -1.20. The first-order valence-electron chi connectivity index (χ1n) is 13.5. The zero-order valence-corrected chi connectivity index (χ0v) is 24.8. The van der Waals surface area contributed by atoms with Gasteiger partial charge in [-0.3, -0.25) is 19.3 Å². The number of amides is 2. The molecule has 0 radical (unpaired) electrons. The van der Waals surface area contributed by atoms with Crippen LogP contribution >= 0.6 is 23.2 Å². The topological polar surface area (TPSA) is 110 Å². The molecule has 2 heterocycles. The van der Waals surface area contributed by atoms with Crippen molar-refractivity contribution in [3.63, 3.8) is 0 Å². The minimum Gasteiger partial charge on any atom is -0.492 e. The van der Waals surface area contributed by atoms with E-state index in [1.807, 2.05) is 18.7 Å². The zero-order valence-electron chi connectivity index (χ0n) is 23.3. The number of nitrogens with zero attached hydrogens (tertiary/aromatic N) is 3. The number of pyridine rings is 1. The van der Waals surface area contributed by atoms with Gasteiger partial charge in [0.1, 0.15) is 17.4 Å². The number of piperazine rings is 1. The fourth-order valence-electron chi connectivity index (χ4n) is 5.76. The van der Waals surface area contributed by atoms with Crippen molar-refractivity contribution < 1.29 is 23.1 Å². The van der Waals surface area contributed by atoms with E-state index in [9.17, 15) is 18.8 Å². The molecule has 224 valence electrons. The largest absolute Gasteiger partial charge is 0.492 e. The number of hydrogen-bond donors (Lipinski definition) is 2. The van der Waals surface area contributed by atoms with Gasteiger partial charge in [0.05, 0.1) is 30.6 Å². The van der Waals surface area contributed by atoms with Gasteiger partial charge in [-0.05, 0) is 37.6 Å². The molecule has 1 aliphatic heterocycles. The number of halogens is 4. The van der Waals surface area contributed by atoms with E-state index in [2.05, 4.69) is 5.32 Å². The minimum absolute atomic E-state index is 0.0101. The lowest BCUT2D eigenvalue weighted by Gasteiger charge is -2.45. The summed E-state index contributed by atoms with van der Waals surface area (Å²) < 4.78 is 37.7. The molecule has 2 amide bonds. The number of aromatic nitrogens is 1. The van der Waals surface area contributed by atoms with Crippen molar-refractivity contribution in [2.24, 2.45) is 5.73 Å². The molecule has 1 aromatic heterocycles. The van der Waals surface area contributed by atoms with Crippen LogP contribution in [0.2, 0.25) is 10.0 Å². The number of hydrogen-bond acceptors (Lipinski definition) is 6. The maximum atomic E-state index is 15.9.